The second-order valence-corrected chi connectivity index (χ2v) is 7.77. The van der Waals surface area contributed by atoms with Gasteiger partial charge in [-0.15, -0.1) is 0 Å². The first-order chi connectivity index (χ1) is 14.8. The molecule has 31 heavy (non-hydrogen) atoms. The second kappa shape index (κ2) is 9.75. The summed E-state index contributed by atoms with van der Waals surface area (Å²) in [6.07, 6.45) is 0. The highest BCUT2D eigenvalue weighted by molar-refractivity contribution is 6.46. The number of nitrogens with zero attached hydrogens (tertiary/aromatic N) is 1. The van der Waals surface area contributed by atoms with E-state index in [1.807, 2.05) is 13.8 Å². The molecule has 2 aromatic rings. The van der Waals surface area contributed by atoms with E-state index in [2.05, 4.69) is 0 Å². The van der Waals surface area contributed by atoms with E-state index in [4.69, 9.17) is 9.47 Å². The lowest BCUT2D eigenvalue weighted by Gasteiger charge is -2.25. The Bertz CT molecular complexity index is 966. The fraction of sp³-hybridized carbons (Fsp3) is 0.333. The lowest BCUT2D eigenvalue weighted by atomic mass is 9.95. The van der Waals surface area contributed by atoms with Crippen molar-refractivity contribution in [1.29, 1.82) is 0 Å². The van der Waals surface area contributed by atoms with E-state index >= 15 is 0 Å². The number of rotatable bonds is 8. The van der Waals surface area contributed by atoms with E-state index in [0.29, 0.717) is 29.4 Å². The van der Waals surface area contributed by atoms with Crippen LogP contribution in [0.5, 0.6) is 5.75 Å². The van der Waals surface area contributed by atoms with E-state index < -0.39 is 23.5 Å². The van der Waals surface area contributed by atoms with Crippen molar-refractivity contribution in [2.45, 2.75) is 19.9 Å². The van der Waals surface area contributed by atoms with Crippen molar-refractivity contribution in [2.75, 3.05) is 26.9 Å². The van der Waals surface area contributed by atoms with Gasteiger partial charge in [0.1, 0.15) is 17.3 Å². The third kappa shape index (κ3) is 4.94. The van der Waals surface area contributed by atoms with Crippen LogP contribution in [0.2, 0.25) is 0 Å². The van der Waals surface area contributed by atoms with Gasteiger partial charge in [-0.1, -0.05) is 26.0 Å². The van der Waals surface area contributed by atoms with Crippen molar-refractivity contribution in [1.82, 2.24) is 4.90 Å². The average molecular weight is 427 g/mol. The van der Waals surface area contributed by atoms with Crippen molar-refractivity contribution in [2.24, 2.45) is 5.92 Å². The van der Waals surface area contributed by atoms with Crippen molar-refractivity contribution in [3.05, 3.63) is 71.0 Å². The number of carbonyl (C=O) groups is 2. The number of Topliss-reactive ketones (excluding diaryl/α,β-unsaturated/α-hetero) is 1. The molecule has 6 nitrogen and oxygen atoms in total. The Hall–Kier alpha value is -3.19. The Morgan fingerprint density at radius 1 is 1.10 bits per heavy atom. The molecular formula is C24H26FNO5. The van der Waals surface area contributed by atoms with Crippen LogP contribution in [-0.4, -0.2) is 48.6 Å². The molecule has 164 valence electrons. The highest BCUT2D eigenvalue weighted by Gasteiger charge is 2.45. The van der Waals surface area contributed by atoms with Crippen LogP contribution in [0.1, 0.15) is 31.0 Å². The Morgan fingerprint density at radius 3 is 2.32 bits per heavy atom. The minimum absolute atomic E-state index is 0.0384. The van der Waals surface area contributed by atoms with Gasteiger partial charge < -0.3 is 19.5 Å². The zero-order chi connectivity index (χ0) is 22.5. The van der Waals surface area contributed by atoms with Crippen molar-refractivity contribution in [3.8, 4) is 5.75 Å². The highest BCUT2D eigenvalue weighted by Crippen LogP contribution is 2.39. The number of aliphatic hydroxyl groups excluding tert-OH is 1. The molecule has 1 amide bonds. The summed E-state index contributed by atoms with van der Waals surface area (Å²) in [5.74, 6) is -1.24. The quantitative estimate of drug-likeness (QED) is 0.393. The smallest absolute Gasteiger partial charge is 0.295 e. The number of methoxy groups -OCH3 is 1. The fourth-order valence-corrected chi connectivity index (χ4v) is 3.42. The average Bonchev–Trinajstić information content (AvgIpc) is 3.01. The van der Waals surface area contributed by atoms with Gasteiger partial charge in [-0.2, -0.15) is 0 Å². The summed E-state index contributed by atoms with van der Waals surface area (Å²) in [6.45, 7) is 5.01. The van der Waals surface area contributed by atoms with E-state index in [0.717, 1.165) is 0 Å². The van der Waals surface area contributed by atoms with Crippen LogP contribution in [0, 0.1) is 11.7 Å². The molecule has 0 radical (unpaired) electrons. The Morgan fingerprint density at radius 2 is 1.74 bits per heavy atom. The molecule has 0 spiro atoms. The number of benzene rings is 2. The number of halogens is 1. The molecule has 0 unspecified atom stereocenters. The lowest BCUT2D eigenvalue weighted by molar-refractivity contribution is -0.140. The zero-order valence-corrected chi connectivity index (χ0v) is 17.8. The lowest BCUT2D eigenvalue weighted by Crippen LogP contribution is -2.32. The van der Waals surface area contributed by atoms with E-state index in [-0.39, 0.29) is 24.5 Å². The third-order valence-corrected chi connectivity index (χ3v) is 4.97. The molecule has 1 N–H and O–H groups in total. The fourth-order valence-electron chi connectivity index (χ4n) is 3.42. The maximum atomic E-state index is 13.5. The molecule has 2 aromatic carbocycles. The molecule has 1 saturated heterocycles. The molecule has 7 heteroatoms. The molecule has 1 aliphatic heterocycles. The van der Waals surface area contributed by atoms with Gasteiger partial charge in [0, 0.05) is 19.2 Å². The molecule has 3 rings (SSSR count). The first-order valence-corrected chi connectivity index (χ1v) is 10.1. The van der Waals surface area contributed by atoms with Crippen molar-refractivity contribution in [3.63, 3.8) is 0 Å². The van der Waals surface area contributed by atoms with Crippen LogP contribution < -0.4 is 4.74 Å². The van der Waals surface area contributed by atoms with Gasteiger partial charge in [0.2, 0.25) is 0 Å². The van der Waals surface area contributed by atoms with Crippen molar-refractivity contribution < 1.29 is 28.6 Å². The Labute approximate surface area is 180 Å². The molecule has 1 fully saturated rings. The predicted octanol–water partition coefficient (Wildman–Crippen LogP) is 3.93. The minimum atomic E-state index is -0.840. The zero-order valence-electron chi connectivity index (χ0n) is 17.8. The van der Waals surface area contributed by atoms with Crippen LogP contribution in [0.4, 0.5) is 4.39 Å². The molecule has 0 aromatic heterocycles. The number of hydrogen-bond donors (Lipinski definition) is 1. The number of carbonyl (C=O) groups excluding carboxylic acids is 2. The van der Waals surface area contributed by atoms with E-state index in [1.165, 1.54) is 36.3 Å². The summed E-state index contributed by atoms with van der Waals surface area (Å²) < 4.78 is 24.2. The number of aliphatic hydroxyl groups is 1. The normalized spacial score (nSPS) is 18.1. The second-order valence-electron chi connectivity index (χ2n) is 7.77. The number of amides is 1. The summed E-state index contributed by atoms with van der Waals surface area (Å²) in [5.41, 5.74) is 0.868. The van der Waals surface area contributed by atoms with Crippen LogP contribution in [0.25, 0.3) is 5.76 Å². The first-order valence-electron chi connectivity index (χ1n) is 10.1. The van der Waals surface area contributed by atoms with E-state index in [9.17, 15) is 19.1 Å². The van der Waals surface area contributed by atoms with Gasteiger partial charge in [0.15, 0.2) is 0 Å². The molecule has 0 aliphatic carbocycles. The predicted molar refractivity (Wildman–Crippen MR) is 114 cm³/mol. The van der Waals surface area contributed by atoms with Gasteiger partial charge in [0.05, 0.1) is 24.8 Å². The van der Waals surface area contributed by atoms with Crippen LogP contribution in [-0.2, 0) is 14.3 Å². The Balaban J connectivity index is 2.02. The SMILES string of the molecule is COCCN1C(=O)C(=O)/C(=C(/O)c2ccc(OCC(C)C)cc2)[C@@H]1c1ccc(F)cc1. The standard InChI is InChI=1S/C24H26FNO5/c1-15(2)14-31-19-10-6-17(7-11-19)22(27)20-21(16-4-8-18(25)9-5-16)26(12-13-30-3)24(29)23(20)28/h4-11,15,21,27H,12-14H2,1-3H3/b22-20+/t21-/m0/s1. The number of ketones is 1. The van der Waals surface area contributed by atoms with Gasteiger partial charge in [-0.3, -0.25) is 9.59 Å². The molecule has 0 saturated carbocycles. The summed E-state index contributed by atoms with van der Waals surface area (Å²) >= 11 is 0. The molecule has 0 bridgehead atoms. The van der Waals surface area contributed by atoms with Gasteiger partial charge in [-0.25, -0.2) is 4.39 Å². The molecule has 1 atom stereocenters. The monoisotopic (exact) mass is 427 g/mol. The summed E-state index contributed by atoms with van der Waals surface area (Å²) in [6, 6.07) is 11.3. The number of likely N-dealkylation sites (tertiary alicyclic amines) is 1. The van der Waals surface area contributed by atoms with Crippen LogP contribution >= 0.6 is 0 Å². The van der Waals surface area contributed by atoms with Gasteiger partial charge in [-0.05, 0) is 47.9 Å². The maximum absolute atomic E-state index is 13.5. The molecular weight excluding hydrogens is 401 g/mol. The first kappa shape index (κ1) is 22.5. The summed E-state index contributed by atoms with van der Waals surface area (Å²) in [5, 5.41) is 11.0. The van der Waals surface area contributed by atoms with Gasteiger partial charge in [0.25, 0.3) is 11.7 Å². The largest absolute Gasteiger partial charge is 0.507 e. The number of ether oxygens (including phenoxy) is 2. The van der Waals surface area contributed by atoms with Crippen LogP contribution in [0.15, 0.2) is 54.1 Å². The number of hydrogen-bond acceptors (Lipinski definition) is 5. The summed E-state index contributed by atoms with van der Waals surface area (Å²) in [4.78, 5) is 26.9. The molecule has 1 aliphatic rings. The third-order valence-electron chi connectivity index (χ3n) is 4.97. The highest BCUT2D eigenvalue weighted by atomic mass is 19.1. The van der Waals surface area contributed by atoms with Gasteiger partial charge >= 0.3 is 0 Å². The minimum Gasteiger partial charge on any atom is -0.507 e. The van der Waals surface area contributed by atoms with Crippen LogP contribution in [0.3, 0.4) is 0 Å². The topological polar surface area (TPSA) is 76.1 Å². The van der Waals surface area contributed by atoms with E-state index in [1.54, 1.807) is 24.3 Å². The molecule has 1 heterocycles. The van der Waals surface area contributed by atoms with Crippen molar-refractivity contribution >= 4 is 17.4 Å². The maximum Gasteiger partial charge on any atom is 0.295 e. The Kier molecular flexibility index (Phi) is 7.07. The summed E-state index contributed by atoms with van der Waals surface area (Å²) in [7, 11) is 1.49.